The summed E-state index contributed by atoms with van der Waals surface area (Å²) in [6.07, 6.45) is 0. The van der Waals surface area contributed by atoms with Crippen molar-refractivity contribution in [1.29, 1.82) is 0 Å². The summed E-state index contributed by atoms with van der Waals surface area (Å²) in [5.41, 5.74) is 4.16. The molecule has 0 amide bonds. The summed E-state index contributed by atoms with van der Waals surface area (Å²) in [4.78, 5) is 3.46. The van der Waals surface area contributed by atoms with Crippen molar-refractivity contribution in [2.75, 3.05) is 0 Å². The second-order valence-corrected chi connectivity index (χ2v) is 5.67. The third-order valence-corrected chi connectivity index (χ3v) is 3.32. The van der Waals surface area contributed by atoms with E-state index in [-0.39, 0.29) is 5.54 Å². The predicted molar refractivity (Wildman–Crippen MR) is 50.4 cm³/mol. The minimum atomic E-state index is -1.04. The Bertz CT molecular complexity index is 116. The second kappa shape index (κ2) is 3.74. The maximum Gasteiger partial charge on any atom is 0.157 e. The number of rotatable bonds is 3. The Morgan fingerprint density at radius 2 is 1.60 bits per heavy atom. The van der Waals surface area contributed by atoms with Crippen molar-refractivity contribution in [3.8, 4) is 0 Å². The Morgan fingerprint density at radius 1 is 1.20 bits per heavy atom. The van der Waals surface area contributed by atoms with Crippen LogP contribution in [0.4, 0.5) is 0 Å². The lowest BCUT2D eigenvalue weighted by Crippen LogP contribution is -2.44. The van der Waals surface area contributed by atoms with Crippen molar-refractivity contribution in [3.05, 3.63) is 24.6 Å². The average molecular weight is 155 g/mol. The highest BCUT2D eigenvalue weighted by Crippen LogP contribution is 1.99. The molecule has 2 heteroatoms. The van der Waals surface area contributed by atoms with Crippen molar-refractivity contribution in [3.63, 3.8) is 0 Å². The Morgan fingerprint density at radius 3 is 1.70 bits per heavy atom. The fraction of sp³-hybridized carbons (Fsp3) is 0.500. The van der Waals surface area contributed by atoms with Gasteiger partial charge in [-0.25, -0.2) is 0 Å². The zero-order chi connectivity index (χ0) is 8.20. The Hall–Kier alpha value is -0.343. The van der Waals surface area contributed by atoms with E-state index in [4.69, 9.17) is 0 Å². The van der Waals surface area contributed by atoms with Crippen molar-refractivity contribution >= 4 is 8.96 Å². The SMILES string of the molecule is C=C[SiH](C=C)NC(C)(C)C. The van der Waals surface area contributed by atoms with Gasteiger partial charge in [0.2, 0.25) is 0 Å². The molecular weight excluding hydrogens is 138 g/mol. The molecule has 0 aromatic carbocycles. The third kappa shape index (κ3) is 4.53. The van der Waals surface area contributed by atoms with Crippen LogP contribution in [0.15, 0.2) is 24.6 Å². The summed E-state index contributed by atoms with van der Waals surface area (Å²) in [6, 6.07) is 0. The van der Waals surface area contributed by atoms with E-state index >= 15 is 0 Å². The first kappa shape index (κ1) is 9.66. The molecule has 58 valence electrons. The van der Waals surface area contributed by atoms with Gasteiger partial charge in [0.15, 0.2) is 8.96 Å². The lowest BCUT2D eigenvalue weighted by Gasteiger charge is -2.23. The van der Waals surface area contributed by atoms with E-state index in [1.807, 2.05) is 11.4 Å². The van der Waals surface area contributed by atoms with Crippen LogP contribution in [0.5, 0.6) is 0 Å². The number of hydrogen-bond acceptors (Lipinski definition) is 1. The first-order valence-corrected chi connectivity index (χ1v) is 5.43. The van der Waals surface area contributed by atoms with Gasteiger partial charge >= 0.3 is 0 Å². The van der Waals surface area contributed by atoms with Crippen LogP contribution in [-0.2, 0) is 0 Å². The van der Waals surface area contributed by atoms with Crippen molar-refractivity contribution in [1.82, 2.24) is 4.98 Å². The Balaban J connectivity index is 3.85. The molecule has 0 spiro atoms. The van der Waals surface area contributed by atoms with Crippen molar-refractivity contribution in [2.24, 2.45) is 0 Å². The second-order valence-electron chi connectivity index (χ2n) is 3.39. The monoisotopic (exact) mass is 155 g/mol. The molecule has 1 nitrogen and oxygen atoms in total. The molecule has 0 fully saturated rings. The van der Waals surface area contributed by atoms with Crippen LogP contribution in [-0.4, -0.2) is 14.5 Å². The maximum absolute atomic E-state index is 3.74. The summed E-state index contributed by atoms with van der Waals surface area (Å²) >= 11 is 0. The lowest BCUT2D eigenvalue weighted by molar-refractivity contribution is 0.522. The maximum atomic E-state index is 3.74. The first-order chi connectivity index (χ1) is 4.49. The van der Waals surface area contributed by atoms with Gasteiger partial charge < -0.3 is 4.98 Å². The van der Waals surface area contributed by atoms with Gasteiger partial charge in [-0.2, -0.15) is 0 Å². The van der Waals surface area contributed by atoms with E-state index in [2.05, 4.69) is 38.9 Å². The topological polar surface area (TPSA) is 12.0 Å². The Kier molecular flexibility index (Phi) is 3.61. The number of hydrogen-bond donors (Lipinski definition) is 1. The third-order valence-electron chi connectivity index (χ3n) is 1.11. The molecule has 0 unspecified atom stereocenters. The van der Waals surface area contributed by atoms with E-state index < -0.39 is 8.96 Å². The molecule has 0 saturated carbocycles. The van der Waals surface area contributed by atoms with E-state index in [9.17, 15) is 0 Å². The zero-order valence-electron chi connectivity index (χ0n) is 7.15. The van der Waals surface area contributed by atoms with Crippen LogP contribution in [0.2, 0.25) is 0 Å². The van der Waals surface area contributed by atoms with Gasteiger partial charge in [-0.1, -0.05) is 11.4 Å². The van der Waals surface area contributed by atoms with E-state index in [0.29, 0.717) is 0 Å². The molecule has 10 heavy (non-hydrogen) atoms. The van der Waals surface area contributed by atoms with Gasteiger partial charge in [-0.15, -0.1) is 13.2 Å². The molecule has 0 aliphatic heterocycles. The molecule has 0 aliphatic carbocycles. The highest BCUT2D eigenvalue weighted by Gasteiger charge is 2.12. The van der Waals surface area contributed by atoms with Gasteiger partial charge in [0.25, 0.3) is 0 Å². The van der Waals surface area contributed by atoms with Crippen LogP contribution in [0.3, 0.4) is 0 Å². The van der Waals surface area contributed by atoms with Crippen LogP contribution in [0.1, 0.15) is 20.8 Å². The van der Waals surface area contributed by atoms with Crippen LogP contribution < -0.4 is 4.98 Å². The molecule has 1 N–H and O–H groups in total. The fourth-order valence-corrected chi connectivity index (χ4v) is 2.14. The molecule has 0 aromatic heterocycles. The number of nitrogens with one attached hydrogen (secondary N) is 1. The Labute approximate surface area is 65.5 Å². The highest BCUT2D eigenvalue weighted by molar-refractivity contribution is 6.66. The minimum Gasteiger partial charge on any atom is -0.329 e. The molecule has 0 aromatic rings. The molecule has 0 atom stereocenters. The van der Waals surface area contributed by atoms with E-state index in [1.165, 1.54) is 0 Å². The minimum absolute atomic E-state index is 0.194. The molecular formula is C8H17NSi. The largest absolute Gasteiger partial charge is 0.329 e. The van der Waals surface area contributed by atoms with Gasteiger partial charge in [-0.05, 0) is 20.8 Å². The van der Waals surface area contributed by atoms with Gasteiger partial charge in [-0.3, -0.25) is 0 Å². The zero-order valence-corrected chi connectivity index (χ0v) is 8.30. The van der Waals surface area contributed by atoms with Gasteiger partial charge in [0.05, 0.1) is 0 Å². The molecule has 0 bridgehead atoms. The molecule has 0 aliphatic rings. The smallest absolute Gasteiger partial charge is 0.157 e. The van der Waals surface area contributed by atoms with Crippen molar-refractivity contribution < 1.29 is 0 Å². The molecule has 0 heterocycles. The summed E-state index contributed by atoms with van der Waals surface area (Å²) in [7, 11) is -1.04. The fourth-order valence-electron chi connectivity index (χ4n) is 0.714. The first-order valence-electron chi connectivity index (χ1n) is 3.52. The van der Waals surface area contributed by atoms with Gasteiger partial charge in [0, 0.05) is 5.54 Å². The predicted octanol–water partition coefficient (Wildman–Crippen LogP) is 1.55. The average Bonchev–Trinajstić information content (AvgIpc) is 1.81. The standard InChI is InChI=1S/C8H17NSi/c1-6-10(7-2)9-8(3,4)5/h6-7,9-10H,1-2H2,3-5H3. The summed E-state index contributed by atoms with van der Waals surface area (Å²) in [6.45, 7) is 13.9. The van der Waals surface area contributed by atoms with Crippen LogP contribution in [0.25, 0.3) is 0 Å². The van der Waals surface area contributed by atoms with E-state index in [0.717, 1.165) is 0 Å². The summed E-state index contributed by atoms with van der Waals surface area (Å²) in [5.74, 6) is 0. The highest BCUT2D eigenvalue weighted by atomic mass is 28.3. The normalized spacial score (nSPS) is 11.6. The van der Waals surface area contributed by atoms with Gasteiger partial charge in [0.1, 0.15) is 0 Å². The summed E-state index contributed by atoms with van der Waals surface area (Å²) < 4.78 is 0. The van der Waals surface area contributed by atoms with Crippen LogP contribution >= 0.6 is 0 Å². The lowest BCUT2D eigenvalue weighted by atomic mass is 10.1. The van der Waals surface area contributed by atoms with Crippen LogP contribution in [0, 0.1) is 0 Å². The summed E-state index contributed by atoms with van der Waals surface area (Å²) in [5, 5.41) is 0. The van der Waals surface area contributed by atoms with Crippen molar-refractivity contribution in [2.45, 2.75) is 26.3 Å². The van der Waals surface area contributed by atoms with E-state index in [1.54, 1.807) is 0 Å². The molecule has 0 rings (SSSR count). The quantitative estimate of drug-likeness (QED) is 0.610. The molecule has 0 radical (unpaired) electrons. The molecule has 0 saturated heterocycles.